The van der Waals surface area contributed by atoms with Crippen molar-refractivity contribution in [1.82, 2.24) is 4.90 Å². The average molecular weight is 603 g/mol. The third kappa shape index (κ3) is 5.65. The number of halogens is 2. The third-order valence-corrected chi connectivity index (χ3v) is 5.22. The van der Waals surface area contributed by atoms with Crippen molar-refractivity contribution in [1.29, 1.82) is 5.26 Å². The molecule has 0 aliphatic rings. The SMILES string of the molecule is CN(C)C(=O)/C(C#N)=C\c1cc(I)c(OCc2ccc([N+](=O)[O-])cc2)c(I)c1. The second-order valence-electron chi connectivity index (χ2n) is 5.90. The number of nitrogens with zero attached hydrogens (tertiary/aromatic N) is 3. The summed E-state index contributed by atoms with van der Waals surface area (Å²) in [6, 6.07) is 11.8. The van der Waals surface area contributed by atoms with E-state index in [9.17, 15) is 20.2 Å². The fourth-order valence-electron chi connectivity index (χ4n) is 2.22. The molecule has 0 N–H and O–H groups in total. The molecule has 0 aromatic heterocycles. The molecule has 0 radical (unpaired) electrons. The number of non-ortho nitro benzene ring substituents is 1. The van der Waals surface area contributed by atoms with E-state index in [2.05, 4.69) is 45.2 Å². The number of hydrogen-bond acceptors (Lipinski definition) is 5. The lowest BCUT2D eigenvalue weighted by Crippen LogP contribution is -2.22. The van der Waals surface area contributed by atoms with E-state index in [1.807, 2.05) is 18.2 Å². The van der Waals surface area contributed by atoms with Gasteiger partial charge in [-0.15, -0.1) is 0 Å². The number of nitro groups is 1. The van der Waals surface area contributed by atoms with Crippen LogP contribution in [0.4, 0.5) is 5.69 Å². The van der Waals surface area contributed by atoms with Crippen molar-refractivity contribution >= 4 is 62.9 Å². The van der Waals surface area contributed by atoms with Crippen LogP contribution in [0.15, 0.2) is 42.0 Å². The van der Waals surface area contributed by atoms with Crippen LogP contribution in [0.1, 0.15) is 11.1 Å². The molecular formula is C19H15I2N3O4. The van der Waals surface area contributed by atoms with E-state index in [4.69, 9.17) is 4.74 Å². The van der Waals surface area contributed by atoms with Gasteiger partial charge in [-0.1, -0.05) is 0 Å². The summed E-state index contributed by atoms with van der Waals surface area (Å²) in [6.07, 6.45) is 1.55. The average Bonchev–Trinajstić information content (AvgIpc) is 2.65. The first-order valence-corrected chi connectivity index (χ1v) is 10.1. The molecule has 28 heavy (non-hydrogen) atoms. The Kier molecular flexibility index (Phi) is 7.76. The smallest absolute Gasteiger partial charge is 0.269 e. The molecule has 2 aromatic carbocycles. The van der Waals surface area contributed by atoms with E-state index in [1.165, 1.54) is 17.0 Å². The van der Waals surface area contributed by atoms with Gasteiger partial charge in [0.2, 0.25) is 0 Å². The van der Waals surface area contributed by atoms with Crippen LogP contribution in [0.2, 0.25) is 0 Å². The van der Waals surface area contributed by atoms with Crippen LogP contribution in [0.3, 0.4) is 0 Å². The fraction of sp³-hybridized carbons (Fsp3) is 0.158. The number of nitro benzene ring substituents is 1. The molecule has 0 bridgehead atoms. The molecule has 0 heterocycles. The fourth-order valence-corrected chi connectivity index (χ4v) is 4.35. The Morgan fingerprint density at radius 1 is 1.25 bits per heavy atom. The number of benzene rings is 2. The molecule has 0 saturated carbocycles. The van der Waals surface area contributed by atoms with E-state index < -0.39 is 4.92 Å². The monoisotopic (exact) mass is 603 g/mol. The minimum absolute atomic E-state index is 0.0321. The van der Waals surface area contributed by atoms with Crippen molar-refractivity contribution in [3.63, 3.8) is 0 Å². The lowest BCUT2D eigenvalue weighted by molar-refractivity contribution is -0.384. The van der Waals surface area contributed by atoms with Gasteiger partial charge in [0.25, 0.3) is 11.6 Å². The first kappa shape index (κ1) is 22.1. The quantitative estimate of drug-likeness (QED) is 0.161. The summed E-state index contributed by atoms with van der Waals surface area (Å²) in [4.78, 5) is 23.6. The number of nitriles is 1. The van der Waals surface area contributed by atoms with Crippen LogP contribution in [0.25, 0.3) is 6.08 Å². The maximum absolute atomic E-state index is 12.0. The highest BCUT2D eigenvalue weighted by Gasteiger charge is 2.14. The van der Waals surface area contributed by atoms with E-state index in [0.717, 1.165) is 18.3 Å². The molecule has 2 aromatic rings. The summed E-state index contributed by atoms with van der Waals surface area (Å²) in [5, 5.41) is 19.9. The standard InChI is InChI=1S/C19H15I2N3O4/c1-23(2)19(25)14(10-22)7-13-8-16(20)18(17(21)9-13)28-11-12-3-5-15(6-4-12)24(26)27/h3-9H,11H2,1-2H3/b14-7-. The highest BCUT2D eigenvalue weighted by atomic mass is 127. The van der Waals surface area contributed by atoms with Gasteiger partial charge >= 0.3 is 0 Å². The van der Waals surface area contributed by atoms with Crippen LogP contribution in [-0.2, 0) is 11.4 Å². The lowest BCUT2D eigenvalue weighted by atomic mass is 10.1. The van der Waals surface area contributed by atoms with Crippen molar-refractivity contribution in [2.45, 2.75) is 6.61 Å². The highest BCUT2D eigenvalue weighted by Crippen LogP contribution is 2.30. The van der Waals surface area contributed by atoms with Crippen molar-refractivity contribution < 1.29 is 14.5 Å². The summed E-state index contributed by atoms with van der Waals surface area (Å²) >= 11 is 4.26. The zero-order valence-corrected chi connectivity index (χ0v) is 19.3. The van der Waals surface area contributed by atoms with Crippen LogP contribution in [0.5, 0.6) is 5.75 Å². The minimum Gasteiger partial charge on any atom is -0.487 e. The van der Waals surface area contributed by atoms with Crippen molar-refractivity contribution in [2.24, 2.45) is 0 Å². The molecule has 2 rings (SSSR count). The minimum atomic E-state index is -0.445. The van der Waals surface area contributed by atoms with Crippen LogP contribution in [-0.4, -0.2) is 29.8 Å². The molecule has 0 spiro atoms. The summed E-state index contributed by atoms with van der Waals surface area (Å²) in [7, 11) is 3.19. The second kappa shape index (κ2) is 9.83. The lowest BCUT2D eigenvalue weighted by Gasteiger charge is -2.12. The van der Waals surface area contributed by atoms with Gasteiger partial charge < -0.3 is 9.64 Å². The number of rotatable bonds is 6. The summed E-state index contributed by atoms with van der Waals surface area (Å²) in [5.74, 6) is 0.320. The van der Waals surface area contributed by atoms with E-state index in [0.29, 0.717) is 5.75 Å². The molecule has 1 amide bonds. The summed E-state index contributed by atoms with van der Waals surface area (Å²) in [6.45, 7) is 0.266. The van der Waals surface area contributed by atoms with Gasteiger partial charge in [-0.05, 0) is 86.7 Å². The van der Waals surface area contributed by atoms with Gasteiger partial charge in [0, 0.05) is 26.2 Å². The number of carbonyl (C=O) groups is 1. The molecule has 0 aliphatic heterocycles. The number of ether oxygens (including phenoxy) is 1. The Balaban J connectivity index is 2.20. The van der Waals surface area contributed by atoms with E-state index in [-0.39, 0.29) is 23.8 Å². The molecular weight excluding hydrogens is 588 g/mol. The topological polar surface area (TPSA) is 96.5 Å². The first-order chi connectivity index (χ1) is 13.2. The predicted octanol–water partition coefficient (Wildman–Crippen LogP) is 4.38. The van der Waals surface area contributed by atoms with Crippen LogP contribution in [0, 0.1) is 28.6 Å². The Bertz CT molecular complexity index is 957. The second-order valence-corrected chi connectivity index (χ2v) is 8.22. The van der Waals surface area contributed by atoms with E-state index in [1.54, 1.807) is 32.3 Å². The number of carbonyl (C=O) groups excluding carboxylic acids is 1. The van der Waals surface area contributed by atoms with Gasteiger partial charge in [-0.3, -0.25) is 14.9 Å². The van der Waals surface area contributed by atoms with Crippen LogP contribution < -0.4 is 4.74 Å². The van der Waals surface area contributed by atoms with Crippen molar-refractivity contribution in [3.05, 3.63) is 70.4 Å². The number of likely N-dealkylation sites (N-methyl/N-ethyl adjacent to an activating group) is 1. The Hall–Kier alpha value is -2.20. The summed E-state index contributed by atoms with van der Waals surface area (Å²) < 4.78 is 7.53. The molecule has 9 heteroatoms. The normalized spacial score (nSPS) is 10.9. The van der Waals surface area contributed by atoms with Gasteiger partial charge in [0.15, 0.2) is 0 Å². The largest absolute Gasteiger partial charge is 0.487 e. The highest BCUT2D eigenvalue weighted by molar-refractivity contribution is 14.1. The Morgan fingerprint density at radius 3 is 2.29 bits per heavy atom. The van der Waals surface area contributed by atoms with Crippen LogP contribution >= 0.6 is 45.2 Å². The van der Waals surface area contributed by atoms with Crippen molar-refractivity contribution in [3.8, 4) is 11.8 Å². The van der Waals surface area contributed by atoms with Gasteiger partial charge in [0.05, 0.1) is 12.1 Å². The van der Waals surface area contributed by atoms with Gasteiger partial charge in [-0.2, -0.15) is 5.26 Å². The zero-order chi connectivity index (χ0) is 20.8. The Labute approximate surface area is 189 Å². The molecule has 0 atom stereocenters. The molecule has 144 valence electrons. The zero-order valence-electron chi connectivity index (χ0n) is 15.0. The van der Waals surface area contributed by atoms with Crippen molar-refractivity contribution in [2.75, 3.05) is 14.1 Å². The molecule has 7 nitrogen and oxygen atoms in total. The van der Waals surface area contributed by atoms with E-state index >= 15 is 0 Å². The molecule has 0 unspecified atom stereocenters. The summed E-state index contributed by atoms with van der Waals surface area (Å²) in [5.41, 5.74) is 1.62. The molecule has 0 saturated heterocycles. The first-order valence-electron chi connectivity index (χ1n) is 7.91. The maximum Gasteiger partial charge on any atom is 0.269 e. The third-order valence-electron chi connectivity index (χ3n) is 3.62. The predicted molar refractivity (Wildman–Crippen MR) is 122 cm³/mol. The van der Waals surface area contributed by atoms with Gasteiger partial charge in [0.1, 0.15) is 24.0 Å². The number of amides is 1. The molecule has 0 fully saturated rings. The number of hydrogen-bond donors (Lipinski definition) is 0. The van der Waals surface area contributed by atoms with Gasteiger partial charge in [-0.25, -0.2) is 0 Å². The molecule has 0 aliphatic carbocycles. The maximum atomic E-state index is 12.0. The Morgan fingerprint density at radius 2 is 1.82 bits per heavy atom.